The molecule has 0 atom stereocenters. The summed E-state index contributed by atoms with van der Waals surface area (Å²) in [5.41, 5.74) is 1.72. The average Bonchev–Trinajstić information content (AvgIpc) is 3.13. The van der Waals surface area contributed by atoms with Crippen LogP contribution in [0, 0.1) is 0 Å². The molecule has 3 heterocycles. The fraction of sp³-hybridized carbons (Fsp3) is 0.467. The highest BCUT2D eigenvalue weighted by Gasteiger charge is 2.31. The first-order valence-corrected chi connectivity index (χ1v) is 7.46. The van der Waals surface area contributed by atoms with E-state index in [0.717, 1.165) is 50.1 Å². The Bertz CT molecular complexity index is 627. The van der Waals surface area contributed by atoms with Crippen LogP contribution in [0.1, 0.15) is 12.8 Å². The Balaban J connectivity index is 1.46. The van der Waals surface area contributed by atoms with Crippen LogP contribution in [0.5, 0.6) is 0 Å². The van der Waals surface area contributed by atoms with E-state index in [1.807, 2.05) is 29.2 Å². The van der Waals surface area contributed by atoms with E-state index in [-0.39, 0.29) is 6.03 Å². The quantitative estimate of drug-likeness (QED) is 0.915. The van der Waals surface area contributed by atoms with E-state index in [9.17, 15) is 4.79 Å². The zero-order chi connectivity index (χ0) is 14.2. The van der Waals surface area contributed by atoms with E-state index in [2.05, 4.69) is 15.2 Å². The predicted octanol–water partition coefficient (Wildman–Crippen LogP) is 1.82. The van der Waals surface area contributed by atoms with Gasteiger partial charge in [-0.1, -0.05) is 12.1 Å². The van der Waals surface area contributed by atoms with Gasteiger partial charge in [0.2, 0.25) is 0 Å². The molecule has 0 unspecified atom stereocenters. The highest BCUT2D eigenvalue weighted by molar-refractivity contribution is 5.76. The van der Waals surface area contributed by atoms with Gasteiger partial charge in [0.15, 0.2) is 5.58 Å². The minimum atomic E-state index is 0.0790. The van der Waals surface area contributed by atoms with E-state index >= 15 is 0 Å². The molecule has 2 fully saturated rings. The van der Waals surface area contributed by atoms with Gasteiger partial charge in [-0.15, -0.1) is 0 Å². The fourth-order valence-corrected chi connectivity index (χ4v) is 3.20. The van der Waals surface area contributed by atoms with Gasteiger partial charge in [-0.3, -0.25) is 0 Å². The Morgan fingerprint density at radius 1 is 1.19 bits per heavy atom. The number of amides is 2. The van der Waals surface area contributed by atoms with Crippen LogP contribution in [0.3, 0.4) is 0 Å². The molecular weight excluding hydrogens is 268 g/mol. The summed E-state index contributed by atoms with van der Waals surface area (Å²) in [6.45, 7) is 3.35. The molecule has 1 aromatic heterocycles. The largest absolute Gasteiger partial charge is 0.423 e. The summed E-state index contributed by atoms with van der Waals surface area (Å²) in [7, 11) is 0. The molecule has 2 aliphatic rings. The number of fused-ring (bicyclic) bond motifs is 1. The highest BCUT2D eigenvalue weighted by Crippen LogP contribution is 2.26. The number of anilines is 1. The van der Waals surface area contributed by atoms with Crippen LogP contribution in [0.2, 0.25) is 0 Å². The second-order valence-electron chi connectivity index (χ2n) is 5.61. The Labute approximate surface area is 122 Å². The van der Waals surface area contributed by atoms with Crippen molar-refractivity contribution in [3.63, 3.8) is 0 Å². The Hall–Kier alpha value is -2.24. The predicted molar refractivity (Wildman–Crippen MR) is 79.3 cm³/mol. The Morgan fingerprint density at radius 2 is 2.00 bits per heavy atom. The zero-order valence-corrected chi connectivity index (χ0v) is 11.8. The van der Waals surface area contributed by atoms with Gasteiger partial charge >= 0.3 is 6.03 Å². The normalized spacial score (nSPS) is 20.3. The first kappa shape index (κ1) is 12.5. The van der Waals surface area contributed by atoms with Crippen molar-refractivity contribution in [3.05, 3.63) is 24.3 Å². The number of para-hydroxylation sites is 2. The molecule has 2 amide bonds. The molecule has 0 aliphatic carbocycles. The first-order chi connectivity index (χ1) is 10.3. The topological polar surface area (TPSA) is 61.6 Å². The van der Waals surface area contributed by atoms with Gasteiger partial charge in [-0.25, -0.2) is 4.79 Å². The van der Waals surface area contributed by atoms with E-state index in [1.54, 1.807) is 0 Å². The molecule has 0 bridgehead atoms. The number of benzene rings is 1. The van der Waals surface area contributed by atoms with Crippen molar-refractivity contribution in [2.24, 2.45) is 0 Å². The van der Waals surface area contributed by atoms with Crippen LogP contribution in [0.4, 0.5) is 10.8 Å². The molecule has 1 aromatic carbocycles. The number of hydrogen-bond acceptors (Lipinski definition) is 4. The van der Waals surface area contributed by atoms with Crippen LogP contribution in [-0.2, 0) is 0 Å². The third kappa shape index (κ3) is 2.20. The minimum Gasteiger partial charge on any atom is -0.423 e. The third-order valence-electron chi connectivity index (χ3n) is 4.35. The van der Waals surface area contributed by atoms with Crippen molar-refractivity contribution in [3.8, 4) is 0 Å². The summed E-state index contributed by atoms with van der Waals surface area (Å²) in [5, 5.41) is 2.87. The maximum atomic E-state index is 11.7. The monoisotopic (exact) mass is 286 g/mol. The lowest BCUT2D eigenvalue weighted by Crippen LogP contribution is -2.46. The van der Waals surface area contributed by atoms with Crippen LogP contribution in [-0.4, -0.2) is 48.1 Å². The SMILES string of the molecule is O=C1NCCN1C1CCN(c2nc3ccccc3o2)CC1. The molecule has 0 spiro atoms. The summed E-state index contributed by atoms with van der Waals surface area (Å²) in [5.74, 6) is 0. The van der Waals surface area contributed by atoms with Crippen molar-refractivity contribution in [2.75, 3.05) is 31.1 Å². The number of piperidine rings is 1. The number of aromatic nitrogens is 1. The lowest BCUT2D eigenvalue weighted by atomic mass is 10.0. The van der Waals surface area contributed by atoms with Crippen LogP contribution < -0.4 is 10.2 Å². The lowest BCUT2D eigenvalue weighted by molar-refractivity contribution is 0.186. The van der Waals surface area contributed by atoms with Crippen molar-refractivity contribution in [2.45, 2.75) is 18.9 Å². The molecule has 110 valence electrons. The van der Waals surface area contributed by atoms with Crippen molar-refractivity contribution < 1.29 is 9.21 Å². The van der Waals surface area contributed by atoms with Gasteiger partial charge in [-0.05, 0) is 25.0 Å². The molecule has 4 rings (SSSR count). The Morgan fingerprint density at radius 3 is 2.71 bits per heavy atom. The number of oxazole rings is 1. The summed E-state index contributed by atoms with van der Waals surface area (Å²) < 4.78 is 5.81. The van der Waals surface area contributed by atoms with Crippen LogP contribution in [0.15, 0.2) is 28.7 Å². The van der Waals surface area contributed by atoms with E-state index < -0.39 is 0 Å². The van der Waals surface area contributed by atoms with E-state index in [4.69, 9.17) is 4.42 Å². The van der Waals surface area contributed by atoms with Gasteiger partial charge in [0.25, 0.3) is 6.01 Å². The van der Waals surface area contributed by atoms with Gasteiger partial charge in [0, 0.05) is 32.2 Å². The zero-order valence-electron chi connectivity index (χ0n) is 11.8. The second kappa shape index (κ2) is 4.95. The second-order valence-corrected chi connectivity index (χ2v) is 5.61. The number of nitrogens with one attached hydrogen (secondary N) is 1. The number of carbonyl (C=O) groups excluding carboxylic acids is 1. The number of carbonyl (C=O) groups is 1. The summed E-state index contributed by atoms with van der Waals surface area (Å²) >= 11 is 0. The average molecular weight is 286 g/mol. The smallest absolute Gasteiger partial charge is 0.317 e. The minimum absolute atomic E-state index is 0.0790. The van der Waals surface area contributed by atoms with Crippen molar-refractivity contribution in [1.29, 1.82) is 0 Å². The van der Waals surface area contributed by atoms with Gasteiger partial charge in [0.05, 0.1) is 0 Å². The molecule has 6 heteroatoms. The number of nitrogens with zero attached hydrogens (tertiary/aromatic N) is 3. The molecule has 21 heavy (non-hydrogen) atoms. The number of rotatable bonds is 2. The molecule has 0 saturated carbocycles. The Kier molecular flexibility index (Phi) is 2.94. The molecule has 2 aliphatic heterocycles. The van der Waals surface area contributed by atoms with E-state index in [1.165, 1.54) is 0 Å². The first-order valence-electron chi connectivity index (χ1n) is 7.46. The van der Waals surface area contributed by atoms with Crippen LogP contribution >= 0.6 is 0 Å². The van der Waals surface area contributed by atoms with Gasteiger partial charge < -0.3 is 19.5 Å². The molecule has 6 nitrogen and oxygen atoms in total. The summed E-state index contributed by atoms with van der Waals surface area (Å²) in [6, 6.07) is 8.93. The summed E-state index contributed by atoms with van der Waals surface area (Å²) in [6.07, 6.45) is 1.93. The van der Waals surface area contributed by atoms with Gasteiger partial charge in [-0.2, -0.15) is 4.98 Å². The van der Waals surface area contributed by atoms with Crippen molar-refractivity contribution >= 4 is 23.1 Å². The maximum absolute atomic E-state index is 11.7. The molecular formula is C15H18N4O2. The molecule has 0 radical (unpaired) electrons. The third-order valence-corrected chi connectivity index (χ3v) is 4.35. The highest BCUT2D eigenvalue weighted by atomic mass is 16.4. The lowest BCUT2D eigenvalue weighted by Gasteiger charge is -2.35. The van der Waals surface area contributed by atoms with Crippen LogP contribution in [0.25, 0.3) is 11.1 Å². The standard InChI is InChI=1S/C15H18N4O2/c20-14-16-7-10-19(14)11-5-8-18(9-6-11)15-17-12-3-1-2-4-13(12)21-15/h1-4,11H,5-10H2,(H,16,20). The number of urea groups is 1. The van der Waals surface area contributed by atoms with Crippen molar-refractivity contribution in [1.82, 2.24) is 15.2 Å². The maximum Gasteiger partial charge on any atom is 0.317 e. The summed E-state index contributed by atoms with van der Waals surface area (Å²) in [4.78, 5) is 20.4. The molecule has 2 saturated heterocycles. The van der Waals surface area contributed by atoms with E-state index in [0.29, 0.717) is 12.1 Å². The molecule has 1 N–H and O–H groups in total. The van der Waals surface area contributed by atoms with Gasteiger partial charge in [0.1, 0.15) is 5.52 Å². The number of hydrogen-bond donors (Lipinski definition) is 1. The fourth-order valence-electron chi connectivity index (χ4n) is 3.20. The molecule has 2 aromatic rings.